The molecule has 0 aliphatic heterocycles. The number of fused-ring (bicyclic) bond motifs is 1. The first-order valence-corrected chi connectivity index (χ1v) is 12.4. The molecule has 4 aromatic rings. The van der Waals surface area contributed by atoms with Crippen LogP contribution in [0.5, 0.6) is 5.75 Å². The van der Waals surface area contributed by atoms with Crippen LogP contribution >= 0.6 is 0 Å². The quantitative estimate of drug-likeness (QED) is 0.131. The minimum absolute atomic E-state index is 0.137. The molecule has 1 aliphatic rings. The molecule has 0 amide bonds. The number of carbonyl (C=O) groups excluding carboxylic acids is 2. The minimum Gasteiger partial charge on any atom is -0.480 e. The molecule has 0 heterocycles. The van der Waals surface area contributed by atoms with Gasteiger partial charge in [0.1, 0.15) is 5.75 Å². The predicted octanol–water partition coefficient (Wildman–Crippen LogP) is 4.35. The molecule has 41 heavy (non-hydrogen) atoms. The largest absolute Gasteiger partial charge is 0.480 e. The molecular formula is C32H24O9. The first-order chi connectivity index (χ1) is 19.7. The van der Waals surface area contributed by atoms with Gasteiger partial charge < -0.3 is 20.1 Å². The highest BCUT2D eigenvalue weighted by Crippen LogP contribution is 2.49. The van der Waals surface area contributed by atoms with Crippen molar-refractivity contribution in [1.29, 1.82) is 0 Å². The molecule has 0 spiro atoms. The normalized spacial score (nSPS) is 14.5. The number of para-hydroxylation sites is 1. The summed E-state index contributed by atoms with van der Waals surface area (Å²) in [5.41, 5.74) is 1.38. The number of carbonyl (C=O) groups is 5. The minimum atomic E-state index is -1.92. The van der Waals surface area contributed by atoms with E-state index in [2.05, 4.69) is 0 Å². The van der Waals surface area contributed by atoms with Gasteiger partial charge in [0.2, 0.25) is 0 Å². The van der Waals surface area contributed by atoms with E-state index in [9.17, 15) is 34.2 Å². The topological polar surface area (TPSA) is 155 Å². The van der Waals surface area contributed by atoms with Gasteiger partial charge in [-0.05, 0) is 34.7 Å². The van der Waals surface area contributed by atoms with E-state index in [1.165, 1.54) is 6.07 Å². The lowest BCUT2D eigenvalue weighted by Crippen LogP contribution is -2.46. The SMILES string of the molecule is O=C(O)C(=O)C(=O)Oc1ccccc1-c1ccccc1.O=C(O)C1(C(=O)O)c2ccccc2CC1c1ccccc1. The van der Waals surface area contributed by atoms with E-state index in [4.69, 9.17) is 9.84 Å². The van der Waals surface area contributed by atoms with E-state index >= 15 is 0 Å². The van der Waals surface area contributed by atoms with Crippen LogP contribution in [0.4, 0.5) is 0 Å². The predicted molar refractivity (Wildman–Crippen MR) is 146 cm³/mol. The summed E-state index contributed by atoms with van der Waals surface area (Å²) in [6, 6.07) is 31.6. The smallest absolute Gasteiger partial charge is 0.392 e. The van der Waals surface area contributed by atoms with Crippen molar-refractivity contribution in [1.82, 2.24) is 0 Å². The molecule has 9 heteroatoms. The van der Waals surface area contributed by atoms with Gasteiger partial charge in [0.15, 0.2) is 5.41 Å². The number of Topliss-reactive ketones (excluding diaryl/α,β-unsaturated/α-hetero) is 1. The summed E-state index contributed by atoms with van der Waals surface area (Å²) in [7, 11) is 0. The van der Waals surface area contributed by atoms with Crippen molar-refractivity contribution in [3.8, 4) is 16.9 Å². The summed E-state index contributed by atoms with van der Waals surface area (Å²) >= 11 is 0. The van der Waals surface area contributed by atoms with E-state index < -0.39 is 41.0 Å². The van der Waals surface area contributed by atoms with Crippen LogP contribution < -0.4 is 4.74 Å². The number of rotatable bonds is 7. The molecule has 1 unspecified atom stereocenters. The zero-order chi connectivity index (χ0) is 29.6. The lowest BCUT2D eigenvalue weighted by Gasteiger charge is -2.28. The van der Waals surface area contributed by atoms with Gasteiger partial charge in [0, 0.05) is 11.5 Å². The zero-order valence-corrected chi connectivity index (χ0v) is 21.5. The molecule has 0 saturated heterocycles. The molecule has 1 aliphatic carbocycles. The van der Waals surface area contributed by atoms with Crippen LogP contribution in [-0.2, 0) is 35.8 Å². The standard InChI is InChI=1S/C17H14O4.C15H10O5/c18-15(19)17(16(20)21)13-9-5-4-8-12(13)10-14(17)11-6-2-1-3-7-11;16-13(14(17)18)15(19)20-12-9-5-4-8-11(12)10-6-2-1-3-7-10/h1-9,14H,10H2,(H,18,19)(H,20,21);1-9H,(H,17,18). The fraction of sp³-hybridized carbons (Fsp3) is 0.0938. The number of aliphatic carboxylic acids is 3. The maximum Gasteiger partial charge on any atom is 0.392 e. The second-order valence-electron chi connectivity index (χ2n) is 9.13. The Morgan fingerprint density at radius 1 is 0.659 bits per heavy atom. The highest BCUT2D eigenvalue weighted by molar-refractivity contribution is 6.60. The van der Waals surface area contributed by atoms with E-state index in [-0.39, 0.29) is 5.75 Å². The van der Waals surface area contributed by atoms with Crippen molar-refractivity contribution in [2.75, 3.05) is 0 Å². The molecule has 5 rings (SSSR count). The Morgan fingerprint density at radius 2 is 1.20 bits per heavy atom. The summed E-state index contributed by atoms with van der Waals surface area (Å²) in [5.74, 6) is -7.95. The number of carboxylic acid groups (broad SMARTS) is 3. The van der Waals surface area contributed by atoms with Gasteiger partial charge in [-0.3, -0.25) is 14.4 Å². The number of ketones is 1. The summed E-state index contributed by atoms with van der Waals surface area (Å²) in [6.07, 6.45) is 0.415. The highest BCUT2D eigenvalue weighted by atomic mass is 16.5. The van der Waals surface area contributed by atoms with E-state index in [0.717, 1.165) is 16.7 Å². The van der Waals surface area contributed by atoms with Crippen molar-refractivity contribution in [3.05, 3.63) is 126 Å². The van der Waals surface area contributed by atoms with Crippen LogP contribution in [0.3, 0.4) is 0 Å². The van der Waals surface area contributed by atoms with Crippen LogP contribution in [-0.4, -0.2) is 45.0 Å². The Morgan fingerprint density at radius 3 is 1.80 bits per heavy atom. The number of hydrogen-bond acceptors (Lipinski definition) is 6. The van der Waals surface area contributed by atoms with Gasteiger partial charge in [-0.1, -0.05) is 103 Å². The van der Waals surface area contributed by atoms with E-state index in [1.807, 2.05) is 36.4 Å². The average molecular weight is 553 g/mol. The van der Waals surface area contributed by atoms with Crippen LogP contribution in [0.25, 0.3) is 11.1 Å². The third-order valence-corrected chi connectivity index (χ3v) is 6.82. The number of hydrogen-bond donors (Lipinski definition) is 3. The first-order valence-electron chi connectivity index (χ1n) is 12.4. The first kappa shape index (κ1) is 28.4. The number of benzene rings is 4. The number of ether oxygens (including phenoxy) is 1. The van der Waals surface area contributed by atoms with Crippen molar-refractivity contribution < 1.29 is 44.0 Å². The Labute approximate surface area is 234 Å². The van der Waals surface area contributed by atoms with E-state index in [0.29, 0.717) is 17.5 Å². The highest BCUT2D eigenvalue weighted by Gasteiger charge is 2.59. The Hall–Kier alpha value is -5.57. The van der Waals surface area contributed by atoms with Crippen molar-refractivity contribution in [2.45, 2.75) is 17.8 Å². The Kier molecular flexibility index (Phi) is 8.38. The maximum atomic E-state index is 11.9. The molecule has 3 N–H and O–H groups in total. The Bertz CT molecular complexity index is 1600. The van der Waals surface area contributed by atoms with Crippen LogP contribution in [0.1, 0.15) is 22.6 Å². The number of esters is 1. The van der Waals surface area contributed by atoms with Crippen LogP contribution in [0, 0.1) is 0 Å². The lowest BCUT2D eigenvalue weighted by atomic mass is 9.72. The molecular weight excluding hydrogens is 528 g/mol. The molecule has 0 saturated carbocycles. The van der Waals surface area contributed by atoms with Crippen molar-refractivity contribution >= 4 is 29.7 Å². The van der Waals surface area contributed by atoms with Crippen LogP contribution in [0.15, 0.2) is 109 Å². The molecule has 206 valence electrons. The molecule has 0 fully saturated rings. The summed E-state index contributed by atoms with van der Waals surface area (Å²) in [4.78, 5) is 56.7. The fourth-order valence-corrected chi connectivity index (χ4v) is 4.96. The van der Waals surface area contributed by atoms with Gasteiger partial charge in [0.25, 0.3) is 0 Å². The summed E-state index contributed by atoms with van der Waals surface area (Å²) < 4.78 is 4.85. The Balaban J connectivity index is 0.000000189. The van der Waals surface area contributed by atoms with Gasteiger partial charge in [-0.25, -0.2) is 9.59 Å². The van der Waals surface area contributed by atoms with Gasteiger partial charge in [-0.2, -0.15) is 0 Å². The zero-order valence-electron chi connectivity index (χ0n) is 21.5. The van der Waals surface area contributed by atoms with Crippen molar-refractivity contribution in [3.63, 3.8) is 0 Å². The average Bonchev–Trinajstić information content (AvgIpc) is 3.35. The molecule has 9 nitrogen and oxygen atoms in total. The molecule has 0 aromatic heterocycles. The third kappa shape index (κ3) is 5.60. The van der Waals surface area contributed by atoms with E-state index in [1.54, 1.807) is 66.7 Å². The third-order valence-electron chi connectivity index (χ3n) is 6.82. The summed E-state index contributed by atoms with van der Waals surface area (Å²) in [5, 5.41) is 27.9. The van der Waals surface area contributed by atoms with Crippen molar-refractivity contribution in [2.24, 2.45) is 0 Å². The van der Waals surface area contributed by atoms with Gasteiger partial charge >= 0.3 is 29.7 Å². The van der Waals surface area contributed by atoms with Gasteiger partial charge in [-0.15, -0.1) is 0 Å². The maximum absolute atomic E-state index is 11.9. The molecule has 0 radical (unpaired) electrons. The summed E-state index contributed by atoms with van der Waals surface area (Å²) in [6.45, 7) is 0. The molecule has 1 atom stereocenters. The second kappa shape index (κ2) is 12.1. The monoisotopic (exact) mass is 552 g/mol. The van der Waals surface area contributed by atoms with Crippen LogP contribution in [0.2, 0.25) is 0 Å². The lowest BCUT2D eigenvalue weighted by molar-refractivity contribution is -0.159. The van der Waals surface area contributed by atoms with Gasteiger partial charge in [0.05, 0.1) is 0 Å². The fourth-order valence-electron chi connectivity index (χ4n) is 4.96. The molecule has 0 bridgehead atoms. The second-order valence-corrected chi connectivity index (χ2v) is 9.13. The molecule has 4 aromatic carbocycles. The number of carboxylic acids is 3.